The number of alkyl halides is 2. The lowest BCUT2D eigenvalue weighted by Crippen LogP contribution is -2.34. The minimum atomic E-state index is -3.56. The first-order chi connectivity index (χ1) is 19.3. The molecule has 0 saturated heterocycles. The zero-order valence-corrected chi connectivity index (χ0v) is 25.0. The zero-order valence-electron chi connectivity index (χ0n) is 25.0. The maximum Gasteiger partial charge on any atom is 0.422 e. The molecule has 0 radical (unpaired) electrons. The van der Waals surface area contributed by atoms with Crippen molar-refractivity contribution in [1.29, 1.82) is 0 Å². The first-order valence-corrected chi connectivity index (χ1v) is 16.5. The molecule has 0 unspecified atom stereocenters. The molecule has 3 aliphatic rings. The molecule has 0 atom stereocenters. The molecular weight excluding hydrogens is 509 g/mol. The molecule has 1 aromatic rings. The Balaban J connectivity index is 1.14. The van der Waals surface area contributed by atoms with Crippen LogP contribution in [0.5, 0.6) is 5.75 Å². The molecule has 0 spiro atoms. The maximum atomic E-state index is 14.7. The summed E-state index contributed by atoms with van der Waals surface area (Å²) in [5.74, 6) is 2.09. The zero-order chi connectivity index (χ0) is 28.4. The van der Waals surface area contributed by atoms with Gasteiger partial charge in [0, 0.05) is 0 Å². The van der Waals surface area contributed by atoms with E-state index >= 15 is 0 Å². The normalized spacial score (nSPS) is 30.0. The molecule has 40 heavy (non-hydrogen) atoms. The van der Waals surface area contributed by atoms with Gasteiger partial charge >= 0.3 is 6.11 Å². The van der Waals surface area contributed by atoms with Gasteiger partial charge in [-0.15, -0.1) is 0 Å². The van der Waals surface area contributed by atoms with Crippen LogP contribution in [0, 0.1) is 29.5 Å². The Bertz CT molecular complexity index is 892. The van der Waals surface area contributed by atoms with Crippen LogP contribution in [0.2, 0.25) is 0 Å². The molecule has 226 valence electrons. The molecule has 2 nitrogen and oxygen atoms in total. The summed E-state index contributed by atoms with van der Waals surface area (Å²) in [5.41, 5.74) is 0.889. The number of ether oxygens (including phenoxy) is 2. The number of allylic oxidation sites excluding steroid dienone is 2. The van der Waals surface area contributed by atoms with Gasteiger partial charge in [-0.3, -0.25) is 0 Å². The van der Waals surface area contributed by atoms with E-state index < -0.39 is 24.3 Å². The molecule has 0 aromatic heterocycles. The average Bonchev–Trinajstić information content (AvgIpc) is 2.97. The van der Waals surface area contributed by atoms with E-state index in [4.69, 9.17) is 9.47 Å². The van der Waals surface area contributed by atoms with Crippen LogP contribution in [0.1, 0.15) is 134 Å². The van der Waals surface area contributed by atoms with Gasteiger partial charge in [-0.25, -0.2) is 4.39 Å². The summed E-state index contributed by atoms with van der Waals surface area (Å²) in [6.45, 7) is 3.64. The molecule has 0 bridgehead atoms. The van der Waals surface area contributed by atoms with E-state index in [9.17, 15) is 13.2 Å². The van der Waals surface area contributed by atoms with Gasteiger partial charge in [-0.1, -0.05) is 64.2 Å². The van der Waals surface area contributed by atoms with E-state index in [0.717, 1.165) is 68.8 Å². The highest BCUT2D eigenvalue weighted by Gasteiger charge is 2.35. The molecule has 0 N–H and O–H groups in total. The monoisotopic (exact) mass is 562 g/mol. The van der Waals surface area contributed by atoms with Crippen LogP contribution in [-0.4, -0.2) is 18.8 Å². The van der Waals surface area contributed by atoms with Crippen molar-refractivity contribution in [2.24, 2.45) is 23.7 Å². The van der Waals surface area contributed by atoms with Crippen molar-refractivity contribution in [3.05, 3.63) is 41.7 Å². The second-order valence-corrected chi connectivity index (χ2v) is 13.1. The van der Waals surface area contributed by atoms with Crippen molar-refractivity contribution in [2.75, 3.05) is 6.61 Å². The van der Waals surface area contributed by atoms with Crippen LogP contribution in [0.4, 0.5) is 13.2 Å². The summed E-state index contributed by atoms with van der Waals surface area (Å²) >= 11 is 0. The second kappa shape index (κ2) is 15.7. The molecule has 1 aromatic carbocycles. The van der Waals surface area contributed by atoms with E-state index in [0.29, 0.717) is 17.8 Å². The fourth-order valence-electron chi connectivity index (χ4n) is 7.28. The Hall–Kier alpha value is -1.49. The summed E-state index contributed by atoms with van der Waals surface area (Å²) in [6, 6.07) is 4.50. The standard InChI is InChI=1S/C35H53F3O2/c1-3-5-6-7-27-8-10-28(11-9-27)12-13-29-16-21-32(22-17-29)39-25-35(37,38)40-34-23-20-31(24-33(34)36)30-18-14-26(4-2)15-19-30/h12-13,20,23-24,26-30,32H,3-11,14-19,21-22,25H2,1-2H3. The predicted octanol–water partition coefficient (Wildman–Crippen LogP) is 11.0. The molecule has 3 aliphatic carbocycles. The third-order valence-corrected chi connectivity index (χ3v) is 10.1. The Kier molecular flexibility index (Phi) is 12.3. The first-order valence-electron chi connectivity index (χ1n) is 16.5. The van der Waals surface area contributed by atoms with E-state index in [-0.39, 0.29) is 6.10 Å². The number of hydrogen-bond donors (Lipinski definition) is 0. The van der Waals surface area contributed by atoms with Gasteiger partial charge < -0.3 is 9.47 Å². The molecule has 4 rings (SSSR count). The third-order valence-electron chi connectivity index (χ3n) is 10.1. The van der Waals surface area contributed by atoms with E-state index in [2.05, 4.69) is 26.0 Å². The molecule has 0 amide bonds. The summed E-state index contributed by atoms with van der Waals surface area (Å²) in [5, 5.41) is 0. The molecule has 0 heterocycles. The number of hydrogen-bond acceptors (Lipinski definition) is 2. The smallest absolute Gasteiger partial charge is 0.422 e. The summed E-state index contributed by atoms with van der Waals surface area (Å²) in [7, 11) is 0. The van der Waals surface area contributed by atoms with E-state index in [1.165, 1.54) is 69.9 Å². The Morgan fingerprint density at radius 2 is 1.43 bits per heavy atom. The minimum absolute atomic E-state index is 0.192. The SMILES string of the molecule is CCCCCC1CCC(C=CC2CCC(OCC(F)(F)Oc3ccc(C4CCC(CC)CC4)cc3F)CC2)CC1. The summed E-state index contributed by atoms with van der Waals surface area (Å²) in [4.78, 5) is 0. The average molecular weight is 563 g/mol. The van der Waals surface area contributed by atoms with Crippen molar-refractivity contribution in [3.63, 3.8) is 0 Å². The fraction of sp³-hybridized carbons (Fsp3) is 0.771. The molecule has 3 fully saturated rings. The van der Waals surface area contributed by atoms with Gasteiger partial charge in [0.15, 0.2) is 18.2 Å². The van der Waals surface area contributed by atoms with Crippen molar-refractivity contribution >= 4 is 0 Å². The lowest BCUT2D eigenvalue weighted by Gasteiger charge is -2.30. The van der Waals surface area contributed by atoms with Gasteiger partial charge in [0.1, 0.15) is 0 Å². The number of rotatable bonds is 13. The second-order valence-electron chi connectivity index (χ2n) is 13.1. The number of benzene rings is 1. The third kappa shape index (κ3) is 9.81. The molecule has 5 heteroatoms. The quantitative estimate of drug-likeness (QED) is 0.176. The van der Waals surface area contributed by atoms with Crippen LogP contribution >= 0.6 is 0 Å². The number of halogens is 3. The van der Waals surface area contributed by atoms with E-state index in [1.807, 2.05) is 0 Å². The maximum absolute atomic E-state index is 14.7. The Morgan fingerprint density at radius 1 is 0.800 bits per heavy atom. The van der Waals surface area contributed by atoms with Gasteiger partial charge in [-0.2, -0.15) is 8.78 Å². The van der Waals surface area contributed by atoms with Crippen molar-refractivity contribution in [2.45, 2.75) is 141 Å². The fourth-order valence-corrected chi connectivity index (χ4v) is 7.28. The van der Waals surface area contributed by atoms with Gasteiger partial charge in [0.05, 0.1) is 6.10 Å². The van der Waals surface area contributed by atoms with Crippen molar-refractivity contribution in [3.8, 4) is 5.75 Å². The summed E-state index contributed by atoms with van der Waals surface area (Å²) in [6.07, 6.45) is 20.9. The van der Waals surface area contributed by atoms with Gasteiger partial charge in [0.25, 0.3) is 0 Å². The lowest BCUT2D eigenvalue weighted by molar-refractivity contribution is -0.223. The van der Waals surface area contributed by atoms with Crippen LogP contribution < -0.4 is 4.74 Å². The lowest BCUT2D eigenvalue weighted by atomic mass is 9.78. The number of unbranched alkanes of at least 4 members (excludes halogenated alkanes) is 2. The Labute approximate surface area is 241 Å². The van der Waals surface area contributed by atoms with Crippen LogP contribution in [0.25, 0.3) is 0 Å². The highest BCUT2D eigenvalue weighted by atomic mass is 19.3. The van der Waals surface area contributed by atoms with Crippen LogP contribution in [0.3, 0.4) is 0 Å². The van der Waals surface area contributed by atoms with Crippen molar-refractivity contribution in [1.82, 2.24) is 0 Å². The predicted molar refractivity (Wildman–Crippen MR) is 157 cm³/mol. The minimum Gasteiger partial charge on any atom is -0.428 e. The largest absolute Gasteiger partial charge is 0.428 e. The summed E-state index contributed by atoms with van der Waals surface area (Å²) < 4.78 is 54.2. The van der Waals surface area contributed by atoms with Crippen molar-refractivity contribution < 1.29 is 22.6 Å². The van der Waals surface area contributed by atoms with Crippen LogP contribution in [0.15, 0.2) is 30.4 Å². The Morgan fingerprint density at radius 3 is 2.02 bits per heavy atom. The van der Waals surface area contributed by atoms with Gasteiger partial charge in [-0.05, 0) is 124 Å². The van der Waals surface area contributed by atoms with E-state index in [1.54, 1.807) is 6.07 Å². The van der Waals surface area contributed by atoms with Gasteiger partial charge in [0.2, 0.25) is 0 Å². The topological polar surface area (TPSA) is 18.5 Å². The highest BCUT2D eigenvalue weighted by molar-refractivity contribution is 5.32. The first kappa shape index (κ1) is 31.4. The molecule has 0 aliphatic heterocycles. The van der Waals surface area contributed by atoms with Crippen LogP contribution in [-0.2, 0) is 4.74 Å². The molecule has 3 saturated carbocycles. The molecular formula is C35H53F3O2. The highest BCUT2D eigenvalue weighted by Crippen LogP contribution is 2.39.